The Morgan fingerprint density at radius 3 is 2.04 bits per heavy atom. The van der Waals surface area contributed by atoms with E-state index in [0.717, 1.165) is 47.3 Å². The van der Waals surface area contributed by atoms with E-state index in [2.05, 4.69) is 16.0 Å². The Morgan fingerprint density at radius 2 is 1.43 bits per heavy atom. The number of halogens is 2. The van der Waals surface area contributed by atoms with Crippen LogP contribution in [-0.2, 0) is 59.1 Å². The van der Waals surface area contributed by atoms with Gasteiger partial charge in [0.25, 0.3) is 0 Å². The molecule has 3 rings (SSSR count). The number of ether oxygens (including phenoxy) is 4. The Morgan fingerprint density at radius 1 is 0.789 bits per heavy atom. The maximum Gasteiger partial charge on any atom is 0.327 e. The maximum absolute atomic E-state index is 15.2. The third kappa shape index (κ3) is 24.5. The minimum absolute atomic E-state index is 0.00147. The van der Waals surface area contributed by atoms with Gasteiger partial charge in [-0.05, 0) is 60.4 Å². The minimum atomic E-state index is -1.29. The van der Waals surface area contributed by atoms with Gasteiger partial charge in [-0.3, -0.25) is 28.8 Å². The Bertz CT molecular complexity index is 2310. The zero-order valence-electron chi connectivity index (χ0n) is 43.2. The molecule has 10 N–H and O–H groups in total. The van der Waals surface area contributed by atoms with Crippen molar-refractivity contribution in [2.75, 3.05) is 96.3 Å². The van der Waals surface area contributed by atoms with Crippen molar-refractivity contribution >= 4 is 65.1 Å². The van der Waals surface area contributed by atoms with Crippen LogP contribution in [0.4, 0.5) is 8.78 Å². The molecule has 422 valence electrons. The molecular weight excluding hydrogens is 1040 g/mol. The quantitative estimate of drug-likeness (QED) is 0.0381. The first-order valence-electron chi connectivity index (χ1n) is 24.7. The van der Waals surface area contributed by atoms with Crippen molar-refractivity contribution in [3.8, 4) is 11.1 Å². The van der Waals surface area contributed by atoms with E-state index in [1.54, 1.807) is 17.2 Å². The van der Waals surface area contributed by atoms with Crippen LogP contribution in [0.2, 0.25) is 0 Å². The van der Waals surface area contributed by atoms with Gasteiger partial charge in [0, 0.05) is 61.2 Å². The molecule has 0 saturated carbocycles. The molecule has 4 atom stereocenters. The number of nitrogens with two attached hydrogens (primary N) is 2. The first kappa shape index (κ1) is 64.6. The van der Waals surface area contributed by atoms with E-state index < -0.39 is 82.5 Å². The van der Waals surface area contributed by atoms with Crippen molar-refractivity contribution in [1.82, 2.24) is 25.4 Å². The summed E-state index contributed by atoms with van der Waals surface area (Å²) in [5.41, 5.74) is 12.9. The van der Waals surface area contributed by atoms with Gasteiger partial charge < -0.3 is 71.2 Å². The molecule has 76 heavy (non-hydrogen) atoms. The largest absolute Gasteiger partial charge is 0.480 e. The molecule has 0 bridgehead atoms. The molecule has 1 aromatic heterocycles. The SMILES string of the molecule is CC(C)(C)[C@H](c1cc(-c2cc(F)ccc2F)cn1Cc1ccccc1)N(CCCN)C(=O)CSC[C@H](NC(=O)CCOCCOCCOCCOCCNC(=O)CNC(=O)CC(SCC[C@H](N)C(=O)O)C(=O)O)C(=O)O. The lowest BCUT2D eigenvalue weighted by molar-refractivity contribution is -0.141. The van der Waals surface area contributed by atoms with Crippen LogP contribution >= 0.6 is 23.5 Å². The molecule has 21 nitrogen and oxygen atoms in total. The number of amides is 4. The zero-order chi connectivity index (χ0) is 56.0. The van der Waals surface area contributed by atoms with Crippen molar-refractivity contribution in [3.05, 3.63) is 83.7 Å². The zero-order valence-corrected chi connectivity index (χ0v) is 44.8. The summed E-state index contributed by atoms with van der Waals surface area (Å²) < 4.78 is 53.3. The summed E-state index contributed by atoms with van der Waals surface area (Å²) in [4.78, 5) is 87.3. The number of rotatable bonds is 39. The standard InChI is InChI=1S/C51H73F2N7O14S2/c1-51(2,3)47(41-26-35(37-27-36(52)10-11-38(37)53)31-59(41)30-34-8-5-4-6-9-34)60(16-7-14-54)46(64)33-75-32-40(49(67)68)58-43(61)12-17-71-19-21-73-23-24-74-22-20-72-18-15-56-45(63)29-57-44(62)28-42(50(69)70)76-25-13-39(55)48(65)66/h4-6,8-11,26-27,31,39-40,42,47H,7,12-25,28-30,32-33,54-55H2,1-3H3,(H,56,63)(H,57,62)(H,58,61)(H,65,66)(H,67,68)(H,69,70)/t39-,40-,42?,47-/m0/s1. The highest BCUT2D eigenvalue weighted by atomic mass is 32.2. The van der Waals surface area contributed by atoms with Crippen LogP contribution < -0.4 is 27.4 Å². The Labute approximate surface area is 449 Å². The fraction of sp³-hybridized carbons (Fsp3) is 0.549. The summed E-state index contributed by atoms with van der Waals surface area (Å²) >= 11 is 1.96. The average molecular weight is 1110 g/mol. The van der Waals surface area contributed by atoms with E-state index in [0.29, 0.717) is 30.8 Å². The monoisotopic (exact) mass is 1110 g/mol. The van der Waals surface area contributed by atoms with Crippen LogP contribution in [0.1, 0.15) is 63.8 Å². The highest BCUT2D eigenvalue weighted by Crippen LogP contribution is 2.41. The third-order valence-corrected chi connectivity index (χ3v) is 13.4. The Hall–Kier alpha value is -5.67. The molecule has 0 fully saturated rings. The van der Waals surface area contributed by atoms with Crippen molar-refractivity contribution in [1.29, 1.82) is 0 Å². The molecule has 3 aromatic rings. The van der Waals surface area contributed by atoms with Crippen LogP contribution in [0, 0.1) is 17.0 Å². The van der Waals surface area contributed by atoms with E-state index in [1.165, 1.54) is 0 Å². The first-order chi connectivity index (χ1) is 36.2. The molecule has 0 radical (unpaired) electrons. The van der Waals surface area contributed by atoms with Gasteiger partial charge in [-0.25, -0.2) is 13.6 Å². The molecule has 0 spiro atoms. The van der Waals surface area contributed by atoms with Gasteiger partial charge in [0.15, 0.2) is 0 Å². The normalized spacial score (nSPS) is 13.0. The predicted molar refractivity (Wildman–Crippen MR) is 282 cm³/mol. The second-order valence-corrected chi connectivity index (χ2v) is 20.7. The van der Waals surface area contributed by atoms with Gasteiger partial charge >= 0.3 is 17.9 Å². The molecule has 1 unspecified atom stereocenters. The molecular formula is C51H73F2N7O14S2. The van der Waals surface area contributed by atoms with E-state index >= 15 is 4.39 Å². The van der Waals surface area contributed by atoms with E-state index in [-0.39, 0.29) is 114 Å². The van der Waals surface area contributed by atoms with Crippen LogP contribution in [0.25, 0.3) is 11.1 Å². The summed E-state index contributed by atoms with van der Waals surface area (Å²) in [5, 5.41) is 34.4. The summed E-state index contributed by atoms with van der Waals surface area (Å²) in [6, 6.07) is 11.7. The summed E-state index contributed by atoms with van der Waals surface area (Å²) in [6.45, 7) is 8.19. The number of nitrogens with zero attached hydrogens (tertiary/aromatic N) is 2. The third-order valence-electron chi connectivity index (χ3n) is 11.2. The van der Waals surface area contributed by atoms with Crippen LogP contribution in [-0.4, -0.2) is 180 Å². The molecule has 0 aliphatic rings. The van der Waals surface area contributed by atoms with Gasteiger partial charge in [0.2, 0.25) is 23.6 Å². The first-order valence-corrected chi connectivity index (χ1v) is 26.9. The number of carboxylic acid groups (broad SMARTS) is 3. The molecule has 0 aliphatic heterocycles. The Kier molecular flexibility index (Phi) is 29.7. The lowest BCUT2D eigenvalue weighted by Crippen LogP contribution is -2.45. The van der Waals surface area contributed by atoms with Gasteiger partial charge in [-0.2, -0.15) is 0 Å². The van der Waals surface area contributed by atoms with Crippen molar-refractivity contribution in [2.24, 2.45) is 16.9 Å². The number of carboxylic acids is 3. The summed E-state index contributed by atoms with van der Waals surface area (Å²) in [7, 11) is 0. The second-order valence-electron chi connectivity index (χ2n) is 18.3. The molecule has 2 aromatic carbocycles. The summed E-state index contributed by atoms with van der Waals surface area (Å²) in [5.74, 6) is -7.01. The van der Waals surface area contributed by atoms with Crippen LogP contribution in [0.15, 0.2) is 60.8 Å². The second kappa shape index (κ2) is 34.9. The number of thioether (sulfide) groups is 2. The number of aliphatic carboxylic acids is 3. The molecule has 0 aliphatic carbocycles. The van der Waals surface area contributed by atoms with Crippen LogP contribution in [0.5, 0.6) is 0 Å². The van der Waals surface area contributed by atoms with Gasteiger partial charge in [0.1, 0.15) is 29.0 Å². The number of nitrogens with one attached hydrogen (secondary N) is 3. The molecule has 25 heteroatoms. The topological polar surface area (TPSA) is 313 Å². The van der Waals surface area contributed by atoms with Gasteiger partial charge in [-0.15, -0.1) is 23.5 Å². The van der Waals surface area contributed by atoms with Crippen molar-refractivity contribution in [3.63, 3.8) is 0 Å². The maximum atomic E-state index is 15.2. The average Bonchev–Trinajstić information content (AvgIpc) is 3.77. The minimum Gasteiger partial charge on any atom is -0.480 e. The van der Waals surface area contributed by atoms with E-state index in [9.17, 15) is 48.2 Å². The highest BCUT2D eigenvalue weighted by Gasteiger charge is 2.37. The number of aromatic nitrogens is 1. The number of hydrogen-bond acceptors (Lipinski definition) is 15. The molecule has 0 saturated heterocycles. The number of carbonyl (C=O) groups excluding carboxylic acids is 4. The molecule has 4 amide bonds. The summed E-state index contributed by atoms with van der Waals surface area (Å²) in [6.07, 6.45) is 1.73. The van der Waals surface area contributed by atoms with Crippen molar-refractivity contribution in [2.45, 2.75) is 76.4 Å². The van der Waals surface area contributed by atoms with E-state index in [1.807, 2.05) is 55.7 Å². The van der Waals surface area contributed by atoms with Crippen molar-refractivity contribution < 1.29 is 76.6 Å². The molecule has 1 heterocycles. The van der Waals surface area contributed by atoms with Gasteiger partial charge in [0.05, 0.1) is 71.2 Å². The van der Waals surface area contributed by atoms with Gasteiger partial charge in [-0.1, -0.05) is 51.1 Å². The lowest BCUT2D eigenvalue weighted by atomic mass is 9.83. The smallest absolute Gasteiger partial charge is 0.327 e. The fourth-order valence-electron chi connectivity index (χ4n) is 7.41. The van der Waals surface area contributed by atoms with E-state index in [4.69, 9.17) is 35.5 Å². The van der Waals surface area contributed by atoms with Crippen LogP contribution in [0.3, 0.4) is 0 Å². The highest BCUT2D eigenvalue weighted by molar-refractivity contribution is 8.00. The predicted octanol–water partition coefficient (Wildman–Crippen LogP) is 3.12. The number of carbonyl (C=O) groups is 7. The lowest BCUT2D eigenvalue weighted by Gasteiger charge is -2.41. The Balaban J connectivity index is 1.34. The fourth-order valence-corrected chi connectivity index (χ4v) is 9.42. The number of hydrogen-bond donors (Lipinski definition) is 8. The number of benzene rings is 2.